The number of halogens is 4. The van der Waals surface area contributed by atoms with Crippen LogP contribution in [0.3, 0.4) is 0 Å². The van der Waals surface area contributed by atoms with Gasteiger partial charge in [0.15, 0.2) is 23.2 Å². The highest BCUT2D eigenvalue weighted by Gasteiger charge is 2.29. The lowest BCUT2D eigenvalue weighted by Gasteiger charge is -2.34. The van der Waals surface area contributed by atoms with E-state index in [1.54, 1.807) is 36.4 Å². The Hall–Kier alpha value is -3.34. The van der Waals surface area contributed by atoms with Gasteiger partial charge in [-0.1, -0.05) is 55.5 Å². The van der Waals surface area contributed by atoms with Crippen LogP contribution in [0.4, 0.5) is 17.6 Å². The number of ether oxygens (including phenoxy) is 1. The highest BCUT2D eigenvalue weighted by Crippen LogP contribution is 2.42. The lowest BCUT2D eigenvalue weighted by atomic mass is 9.71. The van der Waals surface area contributed by atoms with Gasteiger partial charge in [0.2, 0.25) is 5.82 Å². The van der Waals surface area contributed by atoms with Crippen LogP contribution in [0.5, 0.6) is 5.75 Å². The van der Waals surface area contributed by atoms with Crippen LogP contribution >= 0.6 is 0 Å². The zero-order valence-corrected chi connectivity index (χ0v) is 23.0. The molecule has 2 aliphatic carbocycles. The summed E-state index contributed by atoms with van der Waals surface area (Å²) in [6, 6.07) is 12.5. The van der Waals surface area contributed by atoms with Crippen LogP contribution in [0.25, 0.3) is 27.8 Å². The molecule has 1 saturated carbocycles. The van der Waals surface area contributed by atoms with Crippen molar-refractivity contribution in [1.82, 2.24) is 0 Å². The normalized spacial score (nSPS) is 21.1. The SMILES string of the molecule is C=CC1CCC(C2CC=C(c3ccc(-c4ccc(-c5ccc(OCCC)c(F)c5F)cc4)c(F)c3F)CC2)CC1. The maximum atomic E-state index is 15.3. The third-order valence-corrected chi connectivity index (χ3v) is 8.71. The van der Waals surface area contributed by atoms with Crippen LogP contribution in [0.15, 0.2) is 67.3 Å². The fraction of sp³-hybridized carbons (Fsp3) is 0.371. The molecule has 0 spiro atoms. The van der Waals surface area contributed by atoms with Gasteiger partial charge in [0, 0.05) is 16.7 Å². The van der Waals surface area contributed by atoms with Crippen molar-refractivity contribution < 1.29 is 22.3 Å². The second-order valence-electron chi connectivity index (χ2n) is 11.1. The molecule has 0 heterocycles. The zero-order chi connectivity index (χ0) is 28.2. The average molecular weight is 549 g/mol. The number of rotatable bonds is 8. The first kappa shape index (κ1) is 28.2. The molecule has 0 radical (unpaired) electrons. The van der Waals surface area contributed by atoms with Gasteiger partial charge < -0.3 is 4.74 Å². The van der Waals surface area contributed by atoms with Gasteiger partial charge in [-0.2, -0.15) is 4.39 Å². The van der Waals surface area contributed by atoms with Crippen molar-refractivity contribution >= 4 is 5.57 Å². The highest BCUT2D eigenvalue weighted by molar-refractivity contribution is 5.74. The van der Waals surface area contributed by atoms with Crippen molar-refractivity contribution in [2.24, 2.45) is 17.8 Å². The van der Waals surface area contributed by atoms with E-state index in [1.165, 1.54) is 37.8 Å². The van der Waals surface area contributed by atoms with Gasteiger partial charge >= 0.3 is 0 Å². The van der Waals surface area contributed by atoms with Gasteiger partial charge in [-0.05, 0) is 98.0 Å². The van der Waals surface area contributed by atoms with Crippen LogP contribution in [0.2, 0.25) is 0 Å². The summed E-state index contributed by atoms with van der Waals surface area (Å²) in [7, 11) is 0. The van der Waals surface area contributed by atoms with E-state index < -0.39 is 23.3 Å². The summed E-state index contributed by atoms with van der Waals surface area (Å²) in [5.74, 6) is -1.95. The fourth-order valence-electron chi connectivity index (χ4n) is 6.31. The molecule has 0 aromatic heterocycles. The molecule has 0 N–H and O–H groups in total. The minimum Gasteiger partial charge on any atom is -0.490 e. The first-order valence-corrected chi connectivity index (χ1v) is 14.4. The molecule has 2 aliphatic rings. The van der Waals surface area contributed by atoms with Crippen LogP contribution in [-0.4, -0.2) is 6.61 Å². The summed E-state index contributed by atoms with van der Waals surface area (Å²) in [6.07, 6.45) is 12.4. The minimum atomic E-state index is -1.04. The molecule has 3 aromatic carbocycles. The first-order chi connectivity index (χ1) is 19.4. The van der Waals surface area contributed by atoms with Crippen LogP contribution < -0.4 is 4.74 Å². The van der Waals surface area contributed by atoms with E-state index in [4.69, 9.17) is 4.74 Å². The molecular formula is C35H36F4O. The molecule has 5 heteroatoms. The molecule has 3 aromatic rings. The molecule has 40 heavy (non-hydrogen) atoms. The second kappa shape index (κ2) is 12.4. The Morgan fingerprint density at radius 1 is 0.725 bits per heavy atom. The topological polar surface area (TPSA) is 9.23 Å². The smallest absolute Gasteiger partial charge is 0.201 e. The molecule has 0 saturated heterocycles. The predicted molar refractivity (Wildman–Crippen MR) is 154 cm³/mol. The lowest BCUT2D eigenvalue weighted by molar-refractivity contribution is 0.212. The summed E-state index contributed by atoms with van der Waals surface area (Å²) in [5.41, 5.74) is 2.30. The molecule has 1 atom stereocenters. The van der Waals surface area contributed by atoms with Gasteiger partial charge in [-0.15, -0.1) is 6.58 Å². The number of allylic oxidation sites excluding steroid dienone is 3. The van der Waals surface area contributed by atoms with Gasteiger partial charge in [-0.25, -0.2) is 13.2 Å². The van der Waals surface area contributed by atoms with Crippen LogP contribution in [0, 0.1) is 41.0 Å². The van der Waals surface area contributed by atoms with E-state index in [0.29, 0.717) is 47.5 Å². The maximum absolute atomic E-state index is 15.3. The summed E-state index contributed by atoms with van der Waals surface area (Å²) < 4.78 is 65.0. The molecule has 5 rings (SSSR count). The standard InChI is InChI=1S/C35H36F4O/c1-3-21-40-31-20-19-30(34(38)35(31)39)27-15-13-26(14-16-27)29-18-17-28(32(36)33(29)37)25-11-9-24(10-12-25)23-7-5-22(4-2)6-8-23/h4,11,13-20,22-24H,2-3,5-10,12,21H2,1H3. The van der Waals surface area contributed by atoms with Gasteiger partial charge in [0.25, 0.3) is 0 Å². The van der Waals surface area contributed by atoms with Crippen LogP contribution in [-0.2, 0) is 0 Å². The van der Waals surface area contributed by atoms with E-state index in [0.717, 1.165) is 24.8 Å². The third kappa shape index (κ3) is 5.75. The van der Waals surface area contributed by atoms with Crippen molar-refractivity contribution in [2.75, 3.05) is 6.61 Å². The average Bonchev–Trinajstić information content (AvgIpc) is 3.00. The quantitative estimate of drug-likeness (QED) is 0.201. The molecule has 0 bridgehead atoms. The molecule has 1 nitrogen and oxygen atoms in total. The Bertz CT molecular complexity index is 1380. The van der Waals surface area contributed by atoms with E-state index in [2.05, 4.69) is 18.7 Å². The van der Waals surface area contributed by atoms with Crippen molar-refractivity contribution in [3.8, 4) is 28.0 Å². The Balaban J connectivity index is 1.31. The third-order valence-electron chi connectivity index (χ3n) is 8.71. The van der Waals surface area contributed by atoms with Crippen molar-refractivity contribution in [3.63, 3.8) is 0 Å². The summed E-state index contributed by atoms with van der Waals surface area (Å²) in [6.45, 7) is 6.11. The zero-order valence-electron chi connectivity index (χ0n) is 23.0. The minimum absolute atomic E-state index is 0.0752. The summed E-state index contributed by atoms with van der Waals surface area (Å²) in [5, 5.41) is 0. The van der Waals surface area contributed by atoms with E-state index in [-0.39, 0.29) is 16.9 Å². The Labute approximate surface area is 234 Å². The Morgan fingerprint density at radius 3 is 1.88 bits per heavy atom. The second-order valence-corrected chi connectivity index (χ2v) is 11.1. The van der Waals surface area contributed by atoms with E-state index >= 15 is 8.78 Å². The molecule has 0 aliphatic heterocycles. The molecule has 1 unspecified atom stereocenters. The van der Waals surface area contributed by atoms with Crippen LogP contribution in [0.1, 0.15) is 63.9 Å². The maximum Gasteiger partial charge on any atom is 0.201 e. The Kier molecular flexibility index (Phi) is 8.78. The number of hydrogen-bond acceptors (Lipinski definition) is 1. The molecular weight excluding hydrogens is 512 g/mol. The number of hydrogen-bond donors (Lipinski definition) is 0. The predicted octanol–water partition coefficient (Wildman–Crippen LogP) is 10.5. The highest BCUT2D eigenvalue weighted by atomic mass is 19.2. The van der Waals surface area contributed by atoms with Crippen molar-refractivity contribution in [1.29, 1.82) is 0 Å². The van der Waals surface area contributed by atoms with E-state index in [1.807, 2.05) is 6.92 Å². The molecule has 210 valence electrons. The molecule has 1 fully saturated rings. The van der Waals surface area contributed by atoms with E-state index in [9.17, 15) is 8.78 Å². The van der Waals surface area contributed by atoms with Gasteiger partial charge in [0.05, 0.1) is 6.61 Å². The fourth-order valence-corrected chi connectivity index (χ4v) is 6.31. The lowest BCUT2D eigenvalue weighted by Crippen LogP contribution is -2.22. The molecule has 0 amide bonds. The monoisotopic (exact) mass is 548 g/mol. The number of benzene rings is 3. The largest absolute Gasteiger partial charge is 0.490 e. The van der Waals surface area contributed by atoms with Gasteiger partial charge in [-0.3, -0.25) is 0 Å². The summed E-state index contributed by atoms with van der Waals surface area (Å²) in [4.78, 5) is 0. The van der Waals surface area contributed by atoms with Crippen molar-refractivity contribution in [2.45, 2.75) is 58.3 Å². The Morgan fingerprint density at radius 2 is 1.30 bits per heavy atom. The first-order valence-electron chi connectivity index (χ1n) is 14.4. The van der Waals surface area contributed by atoms with Crippen molar-refractivity contribution in [3.05, 3.63) is 96.1 Å². The van der Waals surface area contributed by atoms with Gasteiger partial charge in [0.1, 0.15) is 0 Å². The summed E-state index contributed by atoms with van der Waals surface area (Å²) >= 11 is 0.